The quantitative estimate of drug-likeness (QED) is 0.856. The lowest BCUT2D eigenvalue weighted by atomic mass is 10.1. The van der Waals surface area contributed by atoms with Gasteiger partial charge in [0, 0.05) is 18.1 Å². The fraction of sp³-hybridized carbons (Fsp3) is 0.500. The maximum Gasteiger partial charge on any atom is 0.222 e. The van der Waals surface area contributed by atoms with Crippen LogP contribution in [-0.4, -0.2) is 27.2 Å². The number of benzene rings is 1. The van der Waals surface area contributed by atoms with E-state index in [4.69, 9.17) is 14.2 Å². The number of carbonyl (C=O) groups is 1. The molecule has 5 nitrogen and oxygen atoms in total. The van der Waals surface area contributed by atoms with Crippen molar-refractivity contribution < 1.29 is 19.0 Å². The van der Waals surface area contributed by atoms with Crippen molar-refractivity contribution in [3.8, 4) is 17.2 Å². The summed E-state index contributed by atoms with van der Waals surface area (Å²) in [7, 11) is 4.72. The van der Waals surface area contributed by atoms with Gasteiger partial charge in [0.15, 0.2) is 0 Å². The van der Waals surface area contributed by atoms with E-state index in [1.165, 1.54) is 0 Å². The predicted molar refractivity (Wildman–Crippen MR) is 72.8 cm³/mol. The van der Waals surface area contributed by atoms with Crippen LogP contribution in [0.4, 0.5) is 0 Å². The summed E-state index contributed by atoms with van der Waals surface area (Å²) < 4.78 is 15.8. The van der Waals surface area contributed by atoms with Crippen molar-refractivity contribution in [1.82, 2.24) is 5.32 Å². The molecule has 0 aliphatic rings. The molecule has 0 aliphatic carbocycles. The molecule has 0 radical (unpaired) electrons. The molecule has 0 saturated heterocycles. The van der Waals surface area contributed by atoms with Crippen molar-refractivity contribution in [2.24, 2.45) is 5.92 Å². The van der Waals surface area contributed by atoms with Crippen LogP contribution in [0.2, 0.25) is 0 Å². The van der Waals surface area contributed by atoms with Crippen molar-refractivity contribution in [3.63, 3.8) is 0 Å². The van der Waals surface area contributed by atoms with Crippen LogP contribution in [0.5, 0.6) is 17.2 Å². The van der Waals surface area contributed by atoms with Gasteiger partial charge >= 0.3 is 0 Å². The lowest BCUT2D eigenvalue weighted by Crippen LogP contribution is -2.27. The van der Waals surface area contributed by atoms with Crippen LogP contribution in [0.15, 0.2) is 12.1 Å². The molecule has 106 valence electrons. The molecule has 0 bridgehead atoms. The summed E-state index contributed by atoms with van der Waals surface area (Å²) in [5.74, 6) is 1.82. The van der Waals surface area contributed by atoms with E-state index in [-0.39, 0.29) is 11.8 Å². The van der Waals surface area contributed by atoms with E-state index in [0.29, 0.717) is 23.8 Å². The molecular weight excluding hydrogens is 246 g/mol. The minimum Gasteiger partial charge on any atom is -0.496 e. The fourth-order valence-electron chi connectivity index (χ4n) is 1.63. The lowest BCUT2D eigenvalue weighted by Gasteiger charge is -2.16. The molecule has 1 N–H and O–H groups in total. The molecule has 5 heteroatoms. The Kier molecular flexibility index (Phi) is 5.48. The molecule has 1 aromatic carbocycles. The minimum atomic E-state index is -0.0600. The van der Waals surface area contributed by atoms with Gasteiger partial charge in [-0.05, 0) is 0 Å². The molecule has 1 aromatic rings. The van der Waals surface area contributed by atoms with Crippen molar-refractivity contribution in [3.05, 3.63) is 17.7 Å². The zero-order valence-electron chi connectivity index (χ0n) is 12.1. The van der Waals surface area contributed by atoms with E-state index in [1.807, 2.05) is 13.8 Å². The topological polar surface area (TPSA) is 56.8 Å². The highest BCUT2D eigenvalue weighted by Crippen LogP contribution is 2.33. The average molecular weight is 267 g/mol. The predicted octanol–water partition coefficient (Wildman–Crippen LogP) is 1.98. The average Bonchev–Trinajstić information content (AvgIpc) is 2.43. The number of hydrogen-bond donors (Lipinski definition) is 1. The number of hydrogen-bond acceptors (Lipinski definition) is 4. The first-order chi connectivity index (χ1) is 9.03. The standard InChI is InChI=1S/C14H21NO4/c1-9(2)14(16)15-8-11-12(18-4)6-10(17-3)7-13(11)19-5/h6-7,9H,8H2,1-5H3,(H,15,16). The Morgan fingerprint density at radius 3 is 2.00 bits per heavy atom. The lowest BCUT2D eigenvalue weighted by molar-refractivity contribution is -0.124. The first kappa shape index (κ1) is 15.1. The van der Waals surface area contributed by atoms with Gasteiger partial charge in [-0.25, -0.2) is 0 Å². The number of nitrogens with one attached hydrogen (secondary N) is 1. The fourth-order valence-corrected chi connectivity index (χ4v) is 1.63. The molecule has 0 atom stereocenters. The third-order valence-corrected chi connectivity index (χ3v) is 2.78. The highest BCUT2D eigenvalue weighted by molar-refractivity contribution is 5.78. The highest BCUT2D eigenvalue weighted by Gasteiger charge is 2.15. The molecule has 19 heavy (non-hydrogen) atoms. The smallest absolute Gasteiger partial charge is 0.222 e. The summed E-state index contributed by atoms with van der Waals surface area (Å²) in [5.41, 5.74) is 0.791. The monoisotopic (exact) mass is 267 g/mol. The summed E-state index contributed by atoms with van der Waals surface area (Å²) in [6.45, 7) is 4.04. The first-order valence-electron chi connectivity index (χ1n) is 6.10. The van der Waals surface area contributed by atoms with Crippen molar-refractivity contribution >= 4 is 5.91 Å². The van der Waals surface area contributed by atoms with Crippen LogP contribution in [0.25, 0.3) is 0 Å². The maximum atomic E-state index is 11.6. The molecule has 0 saturated carbocycles. The number of methoxy groups -OCH3 is 3. The maximum absolute atomic E-state index is 11.6. The molecular formula is C14H21NO4. The van der Waals surface area contributed by atoms with E-state index in [9.17, 15) is 4.79 Å². The molecule has 0 fully saturated rings. The van der Waals surface area contributed by atoms with Gasteiger partial charge in [-0.2, -0.15) is 0 Å². The van der Waals surface area contributed by atoms with Gasteiger partial charge in [-0.3, -0.25) is 4.79 Å². The Labute approximate surface area is 113 Å². The number of rotatable bonds is 6. The van der Waals surface area contributed by atoms with E-state index >= 15 is 0 Å². The highest BCUT2D eigenvalue weighted by atomic mass is 16.5. The molecule has 0 spiro atoms. The van der Waals surface area contributed by atoms with Crippen LogP contribution >= 0.6 is 0 Å². The Balaban J connectivity index is 3.00. The van der Waals surface area contributed by atoms with Gasteiger partial charge in [-0.15, -0.1) is 0 Å². The van der Waals surface area contributed by atoms with Gasteiger partial charge in [0.05, 0.1) is 33.4 Å². The van der Waals surface area contributed by atoms with E-state index in [0.717, 1.165) is 5.56 Å². The summed E-state index contributed by atoms with van der Waals surface area (Å²) in [4.78, 5) is 11.6. The normalized spacial score (nSPS) is 10.2. The van der Waals surface area contributed by atoms with Gasteiger partial charge in [0.2, 0.25) is 5.91 Å². The number of ether oxygens (including phenoxy) is 3. The summed E-state index contributed by atoms with van der Waals surface area (Å²) in [6, 6.07) is 3.53. The third kappa shape index (κ3) is 3.77. The van der Waals surface area contributed by atoms with Gasteiger partial charge in [-0.1, -0.05) is 13.8 Å². The van der Waals surface area contributed by atoms with Gasteiger partial charge in [0.1, 0.15) is 17.2 Å². The van der Waals surface area contributed by atoms with Crippen LogP contribution in [0, 0.1) is 5.92 Å². The molecule has 0 aliphatic heterocycles. The Bertz CT molecular complexity index is 418. The van der Waals surface area contributed by atoms with Crippen molar-refractivity contribution in [2.45, 2.75) is 20.4 Å². The van der Waals surface area contributed by atoms with E-state index in [2.05, 4.69) is 5.32 Å². The van der Waals surface area contributed by atoms with Crippen LogP contribution in [-0.2, 0) is 11.3 Å². The molecule has 0 heterocycles. The zero-order valence-corrected chi connectivity index (χ0v) is 12.1. The minimum absolute atomic E-state index is 0.0140. The Hall–Kier alpha value is -1.91. The number of carbonyl (C=O) groups excluding carboxylic acids is 1. The zero-order chi connectivity index (χ0) is 14.4. The van der Waals surface area contributed by atoms with Crippen LogP contribution in [0.1, 0.15) is 19.4 Å². The van der Waals surface area contributed by atoms with Gasteiger partial charge < -0.3 is 19.5 Å². The van der Waals surface area contributed by atoms with Gasteiger partial charge in [0.25, 0.3) is 0 Å². The second kappa shape index (κ2) is 6.87. The summed E-state index contributed by atoms with van der Waals surface area (Å²) >= 11 is 0. The Morgan fingerprint density at radius 1 is 1.11 bits per heavy atom. The van der Waals surface area contributed by atoms with Crippen molar-refractivity contribution in [2.75, 3.05) is 21.3 Å². The van der Waals surface area contributed by atoms with Crippen LogP contribution < -0.4 is 19.5 Å². The second-order valence-electron chi connectivity index (χ2n) is 4.38. The Morgan fingerprint density at radius 2 is 1.63 bits per heavy atom. The summed E-state index contributed by atoms with van der Waals surface area (Å²) in [6.07, 6.45) is 0. The van der Waals surface area contributed by atoms with E-state index in [1.54, 1.807) is 33.5 Å². The first-order valence-corrected chi connectivity index (χ1v) is 6.10. The van der Waals surface area contributed by atoms with Crippen molar-refractivity contribution in [1.29, 1.82) is 0 Å². The number of amides is 1. The van der Waals surface area contributed by atoms with Crippen LogP contribution in [0.3, 0.4) is 0 Å². The second-order valence-corrected chi connectivity index (χ2v) is 4.38. The van der Waals surface area contributed by atoms with E-state index < -0.39 is 0 Å². The molecule has 1 amide bonds. The molecule has 0 aromatic heterocycles. The third-order valence-electron chi connectivity index (χ3n) is 2.78. The SMILES string of the molecule is COc1cc(OC)c(CNC(=O)C(C)C)c(OC)c1. The summed E-state index contributed by atoms with van der Waals surface area (Å²) in [5, 5.41) is 2.85. The molecule has 0 unspecified atom stereocenters. The molecule has 1 rings (SSSR count). The largest absolute Gasteiger partial charge is 0.496 e.